The lowest BCUT2D eigenvalue weighted by atomic mass is 9.37. The predicted molar refractivity (Wildman–Crippen MR) is 74.4 cm³/mol. The highest BCUT2D eigenvalue weighted by Crippen LogP contribution is 2.70. The predicted octanol–water partition coefficient (Wildman–Crippen LogP) is 4.43. The summed E-state index contributed by atoms with van der Waals surface area (Å²) in [5.41, 5.74) is 0.882. The molecule has 3 unspecified atom stereocenters. The van der Waals surface area contributed by atoms with E-state index in [4.69, 9.17) is 0 Å². The third-order valence-electron chi connectivity index (χ3n) is 5.34. The molecule has 90 valence electrons. The molecule has 1 aromatic rings. The van der Waals surface area contributed by atoms with E-state index in [2.05, 4.69) is 31.1 Å². The SMILES string of the molecule is Br.CC1CCC2CC1(c1nccs1)C2(C)C. The fraction of sp³-hybridized carbons (Fsp3) is 0.769. The molecule has 2 bridgehead atoms. The summed E-state index contributed by atoms with van der Waals surface area (Å²) in [6.45, 7) is 7.34. The number of aromatic nitrogens is 1. The molecule has 0 aromatic carbocycles. The van der Waals surface area contributed by atoms with Crippen molar-refractivity contribution in [2.45, 2.75) is 45.4 Å². The Balaban J connectivity index is 0.000000963. The zero-order valence-electron chi connectivity index (χ0n) is 10.2. The van der Waals surface area contributed by atoms with Crippen molar-refractivity contribution < 1.29 is 0 Å². The molecule has 0 amide bonds. The second-order valence-corrected chi connectivity index (χ2v) is 6.80. The zero-order chi connectivity index (χ0) is 10.7. The number of hydrogen-bond acceptors (Lipinski definition) is 2. The Morgan fingerprint density at radius 2 is 2.12 bits per heavy atom. The van der Waals surface area contributed by atoms with Crippen LogP contribution in [-0.4, -0.2) is 4.98 Å². The quantitative estimate of drug-likeness (QED) is 0.747. The van der Waals surface area contributed by atoms with E-state index in [1.807, 2.05) is 17.5 Å². The molecule has 3 aliphatic rings. The first-order chi connectivity index (χ1) is 7.09. The summed E-state index contributed by atoms with van der Waals surface area (Å²) in [7, 11) is 0. The van der Waals surface area contributed by atoms with E-state index in [1.165, 1.54) is 24.3 Å². The summed E-state index contributed by atoms with van der Waals surface area (Å²) in [6, 6.07) is 0. The van der Waals surface area contributed by atoms with Crippen LogP contribution in [0.2, 0.25) is 0 Å². The van der Waals surface area contributed by atoms with E-state index in [-0.39, 0.29) is 17.0 Å². The number of rotatable bonds is 1. The van der Waals surface area contributed by atoms with Gasteiger partial charge in [0.05, 0.1) is 5.01 Å². The standard InChI is InChI=1S/C13H19NS.BrH/c1-9-4-5-10-8-13(9,12(10,2)3)11-14-6-7-15-11;/h6-7,9-10H,4-5,8H2,1-3H3;1H. The van der Waals surface area contributed by atoms with Gasteiger partial charge in [0, 0.05) is 17.0 Å². The molecule has 1 aromatic heterocycles. The van der Waals surface area contributed by atoms with Gasteiger partial charge in [0.2, 0.25) is 0 Å². The minimum Gasteiger partial charge on any atom is -0.249 e. The van der Waals surface area contributed by atoms with Gasteiger partial charge < -0.3 is 0 Å². The van der Waals surface area contributed by atoms with Gasteiger partial charge in [0.25, 0.3) is 0 Å². The molecule has 3 atom stereocenters. The lowest BCUT2D eigenvalue weighted by Crippen LogP contribution is -2.64. The van der Waals surface area contributed by atoms with Crippen molar-refractivity contribution in [2.75, 3.05) is 0 Å². The van der Waals surface area contributed by atoms with Crippen LogP contribution < -0.4 is 0 Å². The molecule has 3 fully saturated rings. The first-order valence-corrected chi connectivity index (χ1v) is 6.87. The van der Waals surface area contributed by atoms with E-state index in [9.17, 15) is 0 Å². The first-order valence-electron chi connectivity index (χ1n) is 5.99. The van der Waals surface area contributed by atoms with Gasteiger partial charge in [0.1, 0.15) is 0 Å². The Morgan fingerprint density at radius 3 is 2.62 bits per heavy atom. The molecule has 1 heterocycles. The molecule has 4 rings (SSSR count). The fourth-order valence-electron chi connectivity index (χ4n) is 4.15. The van der Waals surface area contributed by atoms with Gasteiger partial charge in [-0.15, -0.1) is 28.3 Å². The summed E-state index contributed by atoms with van der Waals surface area (Å²) in [6.07, 6.45) is 6.18. The normalized spacial score (nSPS) is 39.7. The Morgan fingerprint density at radius 1 is 1.38 bits per heavy atom. The molecular weight excluding hydrogens is 282 g/mol. The number of hydrogen-bond donors (Lipinski definition) is 0. The molecule has 0 N–H and O–H groups in total. The fourth-order valence-corrected chi connectivity index (χ4v) is 5.28. The van der Waals surface area contributed by atoms with Crippen LogP contribution in [0.15, 0.2) is 11.6 Å². The Hall–Kier alpha value is 0.110. The summed E-state index contributed by atoms with van der Waals surface area (Å²) < 4.78 is 0. The monoisotopic (exact) mass is 301 g/mol. The number of fused-ring (bicyclic) bond motifs is 2. The van der Waals surface area contributed by atoms with Gasteiger partial charge in [0.15, 0.2) is 0 Å². The molecule has 3 heteroatoms. The van der Waals surface area contributed by atoms with E-state index in [0.29, 0.717) is 10.8 Å². The highest BCUT2D eigenvalue weighted by molar-refractivity contribution is 8.93. The van der Waals surface area contributed by atoms with Crippen molar-refractivity contribution in [3.8, 4) is 0 Å². The van der Waals surface area contributed by atoms with E-state index in [1.54, 1.807) is 0 Å². The van der Waals surface area contributed by atoms with Crippen molar-refractivity contribution in [3.05, 3.63) is 16.6 Å². The third kappa shape index (κ3) is 1.25. The van der Waals surface area contributed by atoms with Crippen molar-refractivity contribution in [1.82, 2.24) is 4.98 Å². The first kappa shape index (κ1) is 12.6. The summed E-state index contributed by atoms with van der Waals surface area (Å²) in [5, 5.41) is 3.53. The molecule has 0 radical (unpaired) electrons. The van der Waals surface area contributed by atoms with Crippen LogP contribution in [0.5, 0.6) is 0 Å². The lowest BCUT2D eigenvalue weighted by Gasteiger charge is -2.67. The van der Waals surface area contributed by atoms with Crippen LogP contribution in [0, 0.1) is 17.3 Å². The van der Waals surface area contributed by atoms with Crippen LogP contribution in [0.4, 0.5) is 0 Å². The minimum absolute atomic E-state index is 0. The third-order valence-corrected chi connectivity index (χ3v) is 6.29. The highest BCUT2D eigenvalue weighted by Gasteiger charge is 2.66. The van der Waals surface area contributed by atoms with Gasteiger partial charge in [-0.3, -0.25) is 0 Å². The van der Waals surface area contributed by atoms with Crippen LogP contribution in [0.3, 0.4) is 0 Å². The van der Waals surface area contributed by atoms with Gasteiger partial charge >= 0.3 is 0 Å². The van der Waals surface area contributed by atoms with Crippen LogP contribution in [0.25, 0.3) is 0 Å². The topological polar surface area (TPSA) is 12.9 Å². The highest BCUT2D eigenvalue weighted by atomic mass is 79.9. The van der Waals surface area contributed by atoms with Crippen molar-refractivity contribution >= 4 is 28.3 Å². The zero-order valence-corrected chi connectivity index (χ0v) is 12.7. The average Bonchev–Trinajstić information content (AvgIpc) is 2.70. The second kappa shape index (κ2) is 3.81. The van der Waals surface area contributed by atoms with E-state index in [0.717, 1.165) is 11.8 Å². The largest absolute Gasteiger partial charge is 0.249 e. The van der Waals surface area contributed by atoms with E-state index < -0.39 is 0 Å². The average molecular weight is 302 g/mol. The molecular formula is C13H20BrNS. The van der Waals surface area contributed by atoms with Crippen molar-refractivity contribution in [3.63, 3.8) is 0 Å². The Labute approximate surface area is 112 Å². The van der Waals surface area contributed by atoms with Crippen LogP contribution >= 0.6 is 28.3 Å². The maximum atomic E-state index is 4.61. The molecule has 0 saturated heterocycles. The maximum absolute atomic E-state index is 4.61. The Kier molecular flexibility index (Phi) is 2.99. The van der Waals surface area contributed by atoms with Gasteiger partial charge in [-0.25, -0.2) is 4.98 Å². The second-order valence-electron chi connectivity index (χ2n) is 5.91. The molecule has 0 spiro atoms. The molecule has 16 heavy (non-hydrogen) atoms. The van der Waals surface area contributed by atoms with Crippen molar-refractivity contribution in [2.24, 2.45) is 17.3 Å². The molecule has 0 aliphatic heterocycles. The van der Waals surface area contributed by atoms with Gasteiger partial charge in [-0.1, -0.05) is 20.8 Å². The van der Waals surface area contributed by atoms with Crippen LogP contribution in [0.1, 0.15) is 45.0 Å². The van der Waals surface area contributed by atoms with Crippen LogP contribution in [-0.2, 0) is 5.41 Å². The van der Waals surface area contributed by atoms with Gasteiger partial charge in [-0.05, 0) is 36.5 Å². The van der Waals surface area contributed by atoms with E-state index >= 15 is 0 Å². The molecule has 1 nitrogen and oxygen atoms in total. The number of nitrogens with zero attached hydrogens (tertiary/aromatic N) is 1. The summed E-state index contributed by atoms with van der Waals surface area (Å²) in [4.78, 5) is 4.61. The smallest absolute Gasteiger partial charge is 0.0995 e. The summed E-state index contributed by atoms with van der Waals surface area (Å²) >= 11 is 1.86. The maximum Gasteiger partial charge on any atom is 0.0995 e. The number of thiazole rings is 1. The Bertz CT molecular complexity index is 373. The number of halogens is 1. The molecule has 3 saturated carbocycles. The minimum atomic E-state index is 0. The summed E-state index contributed by atoms with van der Waals surface area (Å²) in [5.74, 6) is 1.75. The van der Waals surface area contributed by atoms with Gasteiger partial charge in [-0.2, -0.15) is 0 Å². The van der Waals surface area contributed by atoms with Crippen molar-refractivity contribution in [1.29, 1.82) is 0 Å². The lowest BCUT2D eigenvalue weighted by molar-refractivity contribution is -0.133. The molecule has 3 aliphatic carbocycles.